The Bertz CT molecular complexity index is 481. The Morgan fingerprint density at radius 1 is 0.933 bits per heavy atom. The number of rotatable bonds is 2. The zero-order chi connectivity index (χ0) is 10.8. The van der Waals surface area contributed by atoms with Crippen LogP contribution < -0.4 is 9.47 Å². The molecule has 0 radical (unpaired) electrons. The predicted octanol–water partition coefficient (Wildman–Crippen LogP) is 2.56. The highest BCUT2D eigenvalue weighted by Crippen LogP contribution is 2.38. The largest absolute Gasteiger partial charge is 0.507 e. The van der Waals surface area contributed by atoms with Crippen LogP contribution in [0.25, 0.3) is 10.8 Å². The Morgan fingerprint density at radius 3 is 2.27 bits per heavy atom. The number of fused-ring (bicyclic) bond motifs is 1. The molecular weight excluding hydrogens is 192 g/mol. The van der Waals surface area contributed by atoms with Gasteiger partial charge in [0, 0.05) is 5.39 Å². The minimum Gasteiger partial charge on any atom is -0.507 e. The lowest BCUT2D eigenvalue weighted by molar-refractivity contribution is 0.404. The Kier molecular flexibility index (Phi) is 2.37. The molecule has 78 valence electrons. The highest BCUT2D eigenvalue weighted by molar-refractivity contribution is 5.97. The van der Waals surface area contributed by atoms with Gasteiger partial charge in [-0.3, -0.25) is 0 Å². The molecule has 0 aromatic heterocycles. The first kappa shape index (κ1) is 9.65. The van der Waals surface area contributed by atoms with Crippen molar-refractivity contribution < 1.29 is 14.6 Å². The topological polar surface area (TPSA) is 38.7 Å². The lowest BCUT2D eigenvalue weighted by Crippen LogP contribution is -1.89. The summed E-state index contributed by atoms with van der Waals surface area (Å²) in [5.41, 5.74) is 0. The van der Waals surface area contributed by atoms with Crippen LogP contribution in [0.3, 0.4) is 0 Å². The molecule has 0 fully saturated rings. The smallest absolute Gasteiger partial charge is 0.130 e. The highest BCUT2D eigenvalue weighted by atomic mass is 16.5. The van der Waals surface area contributed by atoms with Gasteiger partial charge in [-0.25, -0.2) is 0 Å². The summed E-state index contributed by atoms with van der Waals surface area (Å²) in [5.74, 6) is 1.62. The molecule has 0 saturated heterocycles. The van der Waals surface area contributed by atoms with Crippen LogP contribution in [0.2, 0.25) is 0 Å². The molecule has 3 heteroatoms. The lowest BCUT2D eigenvalue weighted by atomic mass is 10.1. The Labute approximate surface area is 87.9 Å². The van der Waals surface area contributed by atoms with Gasteiger partial charge >= 0.3 is 0 Å². The minimum atomic E-state index is 0.227. The van der Waals surface area contributed by atoms with Gasteiger partial charge in [0.25, 0.3) is 0 Å². The van der Waals surface area contributed by atoms with E-state index >= 15 is 0 Å². The van der Waals surface area contributed by atoms with Crippen LogP contribution >= 0.6 is 0 Å². The van der Waals surface area contributed by atoms with Crippen LogP contribution in [0.1, 0.15) is 0 Å². The van der Waals surface area contributed by atoms with Gasteiger partial charge in [-0.2, -0.15) is 0 Å². The first-order chi connectivity index (χ1) is 7.27. The zero-order valence-electron chi connectivity index (χ0n) is 8.65. The van der Waals surface area contributed by atoms with Crippen molar-refractivity contribution in [1.29, 1.82) is 0 Å². The fourth-order valence-electron chi connectivity index (χ4n) is 1.67. The van der Waals surface area contributed by atoms with E-state index in [0.29, 0.717) is 11.5 Å². The molecule has 0 aliphatic carbocycles. The van der Waals surface area contributed by atoms with E-state index in [1.807, 2.05) is 18.2 Å². The van der Waals surface area contributed by atoms with Gasteiger partial charge in [-0.05, 0) is 18.2 Å². The molecule has 0 atom stereocenters. The van der Waals surface area contributed by atoms with Crippen molar-refractivity contribution in [3.63, 3.8) is 0 Å². The average Bonchev–Trinajstić information content (AvgIpc) is 2.29. The molecule has 2 aromatic carbocycles. The van der Waals surface area contributed by atoms with Crippen molar-refractivity contribution in [3.05, 3.63) is 30.3 Å². The lowest BCUT2D eigenvalue weighted by Gasteiger charge is -2.10. The summed E-state index contributed by atoms with van der Waals surface area (Å²) in [4.78, 5) is 0. The number of aromatic hydroxyl groups is 1. The first-order valence-electron chi connectivity index (χ1n) is 4.60. The summed E-state index contributed by atoms with van der Waals surface area (Å²) in [6, 6.07) is 8.83. The van der Waals surface area contributed by atoms with Crippen molar-refractivity contribution in [2.24, 2.45) is 0 Å². The molecule has 0 aliphatic heterocycles. The first-order valence-corrected chi connectivity index (χ1v) is 4.60. The molecule has 0 amide bonds. The van der Waals surface area contributed by atoms with Crippen LogP contribution in [0.5, 0.6) is 17.2 Å². The monoisotopic (exact) mass is 204 g/mol. The second kappa shape index (κ2) is 3.69. The third kappa shape index (κ3) is 1.46. The number of phenols is 1. The minimum absolute atomic E-state index is 0.227. The molecule has 3 nitrogen and oxygen atoms in total. The molecule has 0 aliphatic rings. The van der Waals surface area contributed by atoms with Gasteiger partial charge in [-0.15, -0.1) is 0 Å². The summed E-state index contributed by atoms with van der Waals surface area (Å²) >= 11 is 0. The quantitative estimate of drug-likeness (QED) is 0.817. The van der Waals surface area contributed by atoms with Crippen molar-refractivity contribution >= 4 is 10.8 Å². The Balaban J connectivity index is 2.87. The molecule has 0 saturated carbocycles. The van der Waals surface area contributed by atoms with Crippen molar-refractivity contribution in [3.8, 4) is 17.2 Å². The third-order valence-electron chi connectivity index (χ3n) is 2.38. The second-order valence-electron chi connectivity index (χ2n) is 3.17. The van der Waals surface area contributed by atoms with Gasteiger partial charge in [0.15, 0.2) is 0 Å². The molecule has 1 N–H and O–H groups in total. The molecule has 0 unspecified atom stereocenters. The molecular formula is C12H12O3. The Hall–Kier alpha value is -1.90. The van der Waals surface area contributed by atoms with Gasteiger partial charge < -0.3 is 14.6 Å². The van der Waals surface area contributed by atoms with E-state index in [0.717, 1.165) is 10.8 Å². The highest BCUT2D eigenvalue weighted by Gasteiger charge is 2.10. The SMILES string of the molecule is COc1cccc2c(O)ccc(OC)c12. The van der Waals surface area contributed by atoms with E-state index in [-0.39, 0.29) is 5.75 Å². The van der Waals surface area contributed by atoms with Crippen LogP contribution in [-0.2, 0) is 0 Å². The van der Waals surface area contributed by atoms with Crippen LogP contribution in [-0.4, -0.2) is 19.3 Å². The molecule has 15 heavy (non-hydrogen) atoms. The average molecular weight is 204 g/mol. The number of ether oxygens (including phenoxy) is 2. The maximum absolute atomic E-state index is 9.70. The maximum atomic E-state index is 9.70. The van der Waals surface area contributed by atoms with E-state index in [1.165, 1.54) is 0 Å². The van der Waals surface area contributed by atoms with Gasteiger partial charge in [0.2, 0.25) is 0 Å². The second-order valence-corrected chi connectivity index (χ2v) is 3.17. The normalized spacial score (nSPS) is 10.3. The summed E-state index contributed by atoms with van der Waals surface area (Å²) in [6.07, 6.45) is 0. The summed E-state index contributed by atoms with van der Waals surface area (Å²) in [5, 5.41) is 11.2. The van der Waals surface area contributed by atoms with Crippen LogP contribution in [0.15, 0.2) is 30.3 Å². The molecule has 0 spiro atoms. The fourth-order valence-corrected chi connectivity index (χ4v) is 1.67. The molecule has 0 heterocycles. The zero-order valence-corrected chi connectivity index (χ0v) is 8.65. The number of hydrogen-bond acceptors (Lipinski definition) is 3. The number of hydrogen-bond donors (Lipinski definition) is 1. The van der Waals surface area contributed by atoms with E-state index in [2.05, 4.69) is 0 Å². The molecule has 0 bridgehead atoms. The summed E-state index contributed by atoms with van der Waals surface area (Å²) < 4.78 is 10.5. The summed E-state index contributed by atoms with van der Waals surface area (Å²) in [6.45, 7) is 0. The van der Waals surface area contributed by atoms with E-state index in [9.17, 15) is 5.11 Å². The standard InChI is InChI=1S/C12H12O3/c1-14-10-5-3-4-8-9(13)6-7-11(15-2)12(8)10/h3-7,13H,1-2H3. The number of phenolic OH excluding ortho intramolecular Hbond substituents is 1. The van der Waals surface area contributed by atoms with E-state index in [1.54, 1.807) is 26.4 Å². The van der Waals surface area contributed by atoms with Crippen LogP contribution in [0, 0.1) is 0 Å². The Morgan fingerprint density at radius 2 is 1.60 bits per heavy atom. The van der Waals surface area contributed by atoms with Crippen molar-refractivity contribution in [1.82, 2.24) is 0 Å². The van der Waals surface area contributed by atoms with Gasteiger partial charge in [0.1, 0.15) is 17.2 Å². The third-order valence-corrected chi connectivity index (χ3v) is 2.38. The summed E-state index contributed by atoms with van der Waals surface area (Å²) in [7, 11) is 3.19. The number of methoxy groups -OCH3 is 2. The van der Waals surface area contributed by atoms with Crippen molar-refractivity contribution in [2.75, 3.05) is 14.2 Å². The van der Waals surface area contributed by atoms with E-state index in [4.69, 9.17) is 9.47 Å². The fraction of sp³-hybridized carbons (Fsp3) is 0.167. The van der Waals surface area contributed by atoms with Crippen LogP contribution in [0.4, 0.5) is 0 Å². The molecule has 2 aromatic rings. The molecule has 2 rings (SSSR count). The van der Waals surface area contributed by atoms with E-state index < -0.39 is 0 Å². The van der Waals surface area contributed by atoms with Crippen molar-refractivity contribution in [2.45, 2.75) is 0 Å². The number of benzene rings is 2. The maximum Gasteiger partial charge on any atom is 0.130 e. The van der Waals surface area contributed by atoms with Gasteiger partial charge in [-0.1, -0.05) is 12.1 Å². The van der Waals surface area contributed by atoms with Gasteiger partial charge in [0.05, 0.1) is 19.6 Å². The predicted molar refractivity (Wildman–Crippen MR) is 58.7 cm³/mol.